The van der Waals surface area contributed by atoms with E-state index in [-0.39, 0.29) is 11.9 Å². The van der Waals surface area contributed by atoms with Gasteiger partial charge in [0.25, 0.3) is 5.91 Å². The van der Waals surface area contributed by atoms with E-state index in [2.05, 4.69) is 0 Å². The molecule has 1 amide bonds. The fourth-order valence-corrected chi connectivity index (χ4v) is 2.57. The maximum Gasteiger partial charge on any atom is 0.256 e. The summed E-state index contributed by atoms with van der Waals surface area (Å²) in [5, 5.41) is 1.11. The molecule has 0 aromatic heterocycles. The molecule has 3 nitrogen and oxygen atoms in total. The van der Waals surface area contributed by atoms with Crippen LogP contribution < -0.4 is 5.73 Å². The van der Waals surface area contributed by atoms with Crippen LogP contribution in [0.5, 0.6) is 0 Å². The predicted molar refractivity (Wildman–Crippen MR) is 87.8 cm³/mol. The standard InChI is InChI=1S/C16H16Cl2N2O/c1-10(12-5-3-4-6-14(12)18)20(2)16(21)13-9-11(17)7-8-15(13)19/h3-10H,19H2,1-2H3. The van der Waals surface area contributed by atoms with Gasteiger partial charge in [-0.3, -0.25) is 4.79 Å². The summed E-state index contributed by atoms with van der Waals surface area (Å²) in [6.07, 6.45) is 0. The fraction of sp³-hybridized carbons (Fsp3) is 0.188. The van der Waals surface area contributed by atoms with Crippen LogP contribution in [0.4, 0.5) is 5.69 Å². The molecule has 2 N–H and O–H groups in total. The van der Waals surface area contributed by atoms with E-state index < -0.39 is 0 Å². The Bertz CT molecular complexity index is 673. The van der Waals surface area contributed by atoms with Gasteiger partial charge >= 0.3 is 0 Å². The molecular weight excluding hydrogens is 307 g/mol. The van der Waals surface area contributed by atoms with Crippen molar-refractivity contribution in [1.29, 1.82) is 0 Å². The van der Waals surface area contributed by atoms with Crippen LogP contribution in [-0.4, -0.2) is 17.9 Å². The molecule has 0 saturated carbocycles. The number of halogens is 2. The fourth-order valence-electron chi connectivity index (χ4n) is 2.10. The van der Waals surface area contributed by atoms with E-state index in [1.807, 2.05) is 25.1 Å². The number of amides is 1. The van der Waals surface area contributed by atoms with Crippen LogP contribution in [0.1, 0.15) is 28.9 Å². The largest absolute Gasteiger partial charge is 0.398 e. The summed E-state index contributed by atoms with van der Waals surface area (Å²) in [7, 11) is 1.72. The van der Waals surface area contributed by atoms with Crippen molar-refractivity contribution in [3.05, 3.63) is 63.6 Å². The molecule has 0 radical (unpaired) electrons. The smallest absolute Gasteiger partial charge is 0.256 e. The van der Waals surface area contributed by atoms with E-state index in [1.165, 1.54) is 0 Å². The zero-order chi connectivity index (χ0) is 15.6. The van der Waals surface area contributed by atoms with Gasteiger partial charge in [0.05, 0.1) is 11.6 Å². The Labute approximate surface area is 134 Å². The van der Waals surface area contributed by atoms with E-state index in [1.54, 1.807) is 36.2 Å². The first-order chi connectivity index (χ1) is 9.91. The van der Waals surface area contributed by atoms with Crippen LogP contribution in [-0.2, 0) is 0 Å². The van der Waals surface area contributed by atoms with E-state index in [0.717, 1.165) is 5.56 Å². The Morgan fingerprint density at radius 2 is 1.86 bits per heavy atom. The zero-order valence-electron chi connectivity index (χ0n) is 11.8. The van der Waals surface area contributed by atoms with Crippen LogP contribution in [0.3, 0.4) is 0 Å². The van der Waals surface area contributed by atoms with Crippen LogP contribution in [0.25, 0.3) is 0 Å². The van der Waals surface area contributed by atoms with Gasteiger partial charge in [0.1, 0.15) is 0 Å². The lowest BCUT2D eigenvalue weighted by atomic mass is 10.1. The molecule has 0 heterocycles. The van der Waals surface area contributed by atoms with Gasteiger partial charge in [0.15, 0.2) is 0 Å². The molecule has 0 spiro atoms. The van der Waals surface area contributed by atoms with E-state index in [4.69, 9.17) is 28.9 Å². The van der Waals surface area contributed by atoms with Gasteiger partial charge in [0.2, 0.25) is 0 Å². The zero-order valence-corrected chi connectivity index (χ0v) is 13.3. The van der Waals surface area contributed by atoms with E-state index in [9.17, 15) is 4.79 Å². The summed E-state index contributed by atoms with van der Waals surface area (Å²) in [4.78, 5) is 14.2. The first-order valence-corrected chi connectivity index (χ1v) is 7.24. The Hall–Kier alpha value is -1.71. The van der Waals surface area contributed by atoms with Crippen molar-refractivity contribution in [2.24, 2.45) is 0 Å². The molecule has 0 aliphatic rings. The molecule has 1 unspecified atom stereocenters. The van der Waals surface area contributed by atoms with Crippen molar-refractivity contribution in [3.8, 4) is 0 Å². The summed E-state index contributed by atoms with van der Waals surface area (Å²) in [6.45, 7) is 1.92. The Morgan fingerprint density at radius 3 is 2.52 bits per heavy atom. The molecule has 2 rings (SSSR count). The lowest BCUT2D eigenvalue weighted by Crippen LogP contribution is -2.30. The van der Waals surface area contributed by atoms with E-state index in [0.29, 0.717) is 21.3 Å². The first-order valence-electron chi connectivity index (χ1n) is 6.48. The minimum atomic E-state index is -0.192. The van der Waals surface area contributed by atoms with Gasteiger partial charge in [-0.05, 0) is 36.8 Å². The van der Waals surface area contributed by atoms with Crippen molar-refractivity contribution in [2.45, 2.75) is 13.0 Å². The number of anilines is 1. The van der Waals surface area contributed by atoms with Gasteiger partial charge in [-0.1, -0.05) is 41.4 Å². The molecule has 110 valence electrons. The number of nitrogens with zero attached hydrogens (tertiary/aromatic N) is 1. The summed E-state index contributed by atoms with van der Waals surface area (Å²) in [5.74, 6) is -0.192. The molecule has 0 bridgehead atoms. The first kappa shape index (κ1) is 15.7. The molecule has 0 fully saturated rings. The lowest BCUT2D eigenvalue weighted by Gasteiger charge is -2.26. The second-order valence-electron chi connectivity index (χ2n) is 4.85. The molecule has 0 saturated heterocycles. The van der Waals surface area contributed by atoms with Crippen molar-refractivity contribution in [2.75, 3.05) is 12.8 Å². The Balaban J connectivity index is 2.31. The van der Waals surface area contributed by atoms with Gasteiger partial charge in [-0.15, -0.1) is 0 Å². The molecule has 2 aromatic rings. The number of rotatable bonds is 3. The summed E-state index contributed by atoms with van der Waals surface area (Å²) in [5.41, 5.74) is 7.55. The van der Waals surface area contributed by atoms with Gasteiger partial charge < -0.3 is 10.6 Å². The highest BCUT2D eigenvalue weighted by molar-refractivity contribution is 6.31. The van der Waals surface area contributed by atoms with Crippen LogP contribution in [0, 0.1) is 0 Å². The van der Waals surface area contributed by atoms with Crippen LogP contribution >= 0.6 is 23.2 Å². The van der Waals surface area contributed by atoms with Gasteiger partial charge in [0, 0.05) is 22.8 Å². The monoisotopic (exact) mass is 322 g/mol. The number of hydrogen-bond donors (Lipinski definition) is 1. The molecule has 0 aliphatic carbocycles. The molecule has 21 heavy (non-hydrogen) atoms. The highest BCUT2D eigenvalue weighted by Crippen LogP contribution is 2.28. The lowest BCUT2D eigenvalue weighted by molar-refractivity contribution is 0.0744. The van der Waals surface area contributed by atoms with Crippen molar-refractivity contribution in [1.82, 2.24) is 4.90 Å². The SMILES string of the molecule is CC(c1ccccc1Cl)N(C)C(=O)c1cc(Cl)ccc1N. The number of carbonyl (C=O) groups is 1. The molecular formula is C16H16Cl2N2O. The third-order valence-electron chi connectivity index (χ3n) is 3.50. The van der Waals surface area contributed by atoms with E-state index >= 15 is 0 Å². The molecule has 0 aliphatic heterocycles. The average molecular weight is 323 g/mol. The highest BCUT2D eigenvalue weighted by atomic mass is 35.5. The number of nitrogen functional groups attached to an aromatic ring is 1. The van der Waals surface area contributed by atoms with Gasteiger partial charge in [-0.2, -0.15) is 0 Å². The summed E-state index contributed by atoms with van der Waals surface area (Å²) in [6, 6.07) is 12.1. The molecule has 2 aromatic carbocycles. The quantitative estimate of drug-likeness (QED) is 0.851. The second kappa shape index (κ2) is 6.37. The average Bonchev–Trinajstić information content (AvgIpc) is 2.48. The van der Waals surface area contributed by atoms with Crippen LogP contribution in [0.15, 0.2) is 42.5 Å². The maximum absolute atomic E-state index is 12.6. The van der Waals surface area contributed by atoms with Crippen molar-refractivity contribution < 1.29 is 4.79 Å². The minimum absolute atomic E-state index is 0.176. The summed E-state index contributed by atoms with van der Waals surface area (Å²) < 4.78 is 0. The van der Waals surface area contributed by atoms with Crippen molar-refractivity contribution >= 4 is 34.8 Å². The second-order valence-corrected chi connectivity index (χ2v) is 5.69. The number of nitrogens with two attached hydrogens (primary N) is 1. The third-order valence-corrected chi connectivity index (χ3v) is 4.08. The predicted octanol–water partition coefficient (Wildman–Crippen LogP) is 4.41. The number of carbonyl (C=O) groups excluding carboxylic acids is 1. The normalized spacial score (nSPS) is 12.0. The highest BCUT2D eigenvalue weighted by Gasteiger charge is 2.22. The minimum Gasteiger partial charge on any atom is -0.398 e. The molecule has 1 atom stereocenters. The Kier molecular flexibility index (Phi) is 4.76. The van der Waals surface area contributed by atoms with Crippen molar-refractivity contribution in [3.63, 3.8) is 0 Å². The summed E-state index contributed by atoms with van der Waals surface area (Å²) >= 11 is 12.1. The maximum atomic E-state index is 12.6. The van der Waals surface area contributed by atoms with Crippen LogP contribution in [0.2, 0.25) is 10.0 Å². The third kappa shape index (κ3) is 3.31. The molecule has 5 heteroatoms. The Morgan fingerprint density at radius 1 is 1.19 bits per heavy atom. The number of hydrogen-bond acceptors (Lipinski definition) is 2. The van der Waals surface area contributed by atoms with Gasteiger partial charge in [-0.25, -0.2) is 0 Å². The topological polar surface area (TPSA) is 46.3 Å². The number of benzene rings is 2.